The van der Waals surface area contributed by atoms with Crippen LogP contribution in [0.1, 0.15) is 5.56 Å². The molecule has 0 fully saturated rings. The van der Waals surface area contributed by atoms with Crippen molar-refractivity contribution in [2.75, 3.05) is 5.32 Å². The lowest BCUT2D eigenvalue weighted by Gasteiger charge is -2.10. The molecule has 0 unspecified atom stereocenters. The van der Waals surface area contributed by atoms with Gasteiger partial charge < -0.3 is 5.32 Å². The van der Waals surface area contributed by atoms with Gasteiger partial charge in [0.25, 0.3) is 5.69 Å². The lowest BCUT2D eigenvalue weighted by atomic mass is 10.1. The number of nitro benzene ring substituents is 1. The molecular weight excluding hydrogens is 304 g/mol. The van der Waals surface area contributed by atoms with Gasteiger partial charge >= 0.3 is 0 Å². The van der Waals surface area contributed by atoms with Crippen LogP contribution in [0.3, 0.4) is 0 Å². The molecule has 0 aliphatic carbocycles. The molecule has 5 nitrogen and oxygen atoms in total. The third-order valence-electron chi connectivity index (χ3n) is 2.59. The molecule has 2 aromatic carbocycles. The van der Waals surface area contributed by atoms with Crippen molar-refractivity contribution in [2.24, 2.45) is 0 Å². The third kappa shape index (κ3) is 3.07. The van der Waals surface area contributed by atoms with Crippen LogP contribution >= 0.6 is 11.6 Å². The second-order valence-corrected chi connectivity index (χ2v) is 4.38. The molecule has 0 spiro atoms. The Hall–Kier alpha value is -2.72. The highest BCUT2D eigenvalue weighted by Crippen LogP contribution is 2.31. The van der Waals surface area contributed by atoms with Gasteiger partial charge in [0, 0.05) is 17.8 Å². The van der Waals surface area contributed by atoms with E-state index >= 15 is 0 Å². The maximum Gasteiger partial charge on any atom is 0.287 e. The van der Waals surface area contributed by atoms with Crippen LogP contribution in [0, 0.1) is 33.1 Å². The normalized spacial score (nSPS) is 10.0. The Labute approximate surface area is 122 Å². The minimum Gasteiger partial charge on any atom is -0.352 e. The van der Waals surface area contributed by atoms with Crippen molar-refractivity contribution in [3.8, 4) is 6.07 Å². The fourth-order valence-corrected chi connectivity index (χ4v) is 1.91. The van der Waals surface area contributed by atoms with E-state index in [0.29, 0.717) is 6.07 Å². The van der Waals surface area contributed by atoms with Crippen molar-refractivity contribution in [3.63, 3.8) is 0 Å². The van der Waals surface area contributed by atoms with Crippen LogP contribution in [0.5, 0.6) is 0 Å². The number of hydrogen-bond donors (Lipinski definition) is 1. The second-order valence-electron chi connectivity index (χ2n) is 3.97. The molecule has 2 aromatic rings. The van der Waals surface area contributed by atoms with Crippen LogP contribution in [0.4, 0.5) is 25.8 Å². The number of nitro groups is 1. The first-order valence-electron chi connectivity index (χ1n) is 5.52. The van der Waals surface area contributed by atoms with Crippen molar-refractivity contribution in [1.29, 1.82) is 5.26 Å². The number of nitrogens with zero attached hydrogens (tertiary/aromatic N) is 2. The molecule has 1 N–H and O–H groups in total. The van der Waals surface area contributed by atoms with E-state index < -0.39 is 16.6 Å². The number of nitrogens with one attached hydrogen (secondary N) is 1. The minimum atomic E-state index is -0.920. The Balaban J connectivity index is 2.42. The topological polar surface area (TPSA) is 79.0 Å². The predicted octanol–water partition coefficient (Wildman–Crippen LogP) is 4.14. The molecule has 8 heteroatoms. The lowest BCUT2D eigenvalue weighted by Crippen LogP contribution is -1.98. The highest BCUT2D eigenvalue weighted by atomic mass is 35.5. The van der Waals surface area contributed by atoms with Crippen LogP contribution in [0.25, 0.3) is 0 Å². The Morgan fingerprint density at radius 1 is 1.29 bits per heavy atom. The van der Waals surface area contributed by atoms with E-state index in [1.807, 2.05) is 0 Å². The number of halogens is 3. The summed E-state index contributed by atoms with van der Waals surface area (Å²) in [6.07, 6.45) is 0. The molecule has 0 aliphatic heterocycles. The Kier molecular flexibility index (Phi) is 4.00. The van der Waals surface area contributed by atoms with E-state index in [9.17, 15) is 18.9 Å². The quantitative estimate of drug-likeness (QED) is 0.682. The summed E-state index contributed by atoms with van der Waals surface area (Å²) >= 11 is 5.72. The van der Waals surface area contributed by atoms with Crippen molar-refractivity contribution >= 4 is 28.7 Å². The largest absolute Gasteiger partial charge is 0.352 e. The van der Waals surface area contributed by atoms with Crippen molar-refractivity contribution in [1.82, 2.24) is 0 Å². The van der Waals surface area contributed by atoms with Crippen LogP contribution in [-0.2, 0) is 0 Å². The second kappa shape index (κ2) is 5.73. The van der Waals surface area contributed by atoms with Gasteiger partial charge in [-0.25, -0.2) is 8.78 Å². The number of anilines is 2. The molecule has 0 atom stereocenters. The lowest BCUT2D eigenvalue weighted by molar-refractivity contribution is -0.385. The van der Waals surface area contributed by atoms with Crippen molar-refractivity contribution in [3.05, 3.63) is 62.7 Å². The van der Waals surface area contributed by atoms with Gasteiger partial charge in [-0.05, 0) is 18.2 Å². The molecule has 0 aliphatic rings. The maximum atomic E-state index is 13.6. The van der Waals surface area contributed by atoms with E-state index in [2.05, 4.69) is 5.32 Å². The molecule has 0 amide bonds. The molecule has 0 radical (unpaired) electrons. The minimum absolute atomic E-state index is 0.184. The zero-order valence-corrected chi connectivity index (χ0v) is 11.0. The van der Waals surface area contributed by atoms with Gasteiger partial charge in [0.05, 0.1) is 15.6 Å². The highest BCUT2D eigenvalue weighted by Gasteiger charge is 2.15. The van der Waals surface area contributed by atoms with Gasteiger partial charge in [-0.2, -0.15) is 5.26 Å². The summed E-state index contributed by atoms with van der Waals surface area (Å²) in [5.41, 5.74) is -0.530. The van der Waals surface area contributed by atoms with Gasteiger partial charge in [-0.15, -0.1) is 0 Å². The fraction of sp³-hybridized carbons (Fsp3) is 0. The molecule has 0 heterocycles. The van der Waals surface area contributed by atoms with Crippen LogP contribution < -0.4 is 5.32 Å². The molecule has 106 valence electrons. The smallest absolute Gasteiger partial charge is 0.287 e. The predicted molar refractivity (Wildman–Crippen MR) is 72.5 cm³/mol. The van der Waals surface area contributed by atoms with Gasteiger partial charge in [0.1, 0.15) is 17.4 Å². The zero-order valence-electron chi connectivity index (χ0n) is 10.2. The Morgan fingerprint density at radius 3 is 2.57 bits per heavy atom. The first-order chi connectivity index (χ1) is 9.92. The van der Waals surface area contributed by atoms with E-state index in [1.54, 1.807) is 6.07 Å². The van der Waals surface area contributed by atoms with Crippen molar-refractivity contribution < 1.29 is 13.7 Å². The van der Waals surface area contributed by atoms with Crippen molar-refractivity contribution in [2.45, 2.75) is 0 Å². The van der Waals surface area contributed by atoms with Gasteiger partial charge in [0.2, 0.25) is 0 Å². The third-order valence-corrected chi connectivity index (χ3v) is 2.89. The number of nitriles is 1. The number of benzene rings is 2. The van der Waals surface area contributed by atoms with E-state index in [0.717, 1.165) is 12.1 Å². The molecule has 0 aromatic heterocycles. The molecule has 0 saturated carbocycles. The Morgan fingerprint density at radius 2 is 2.00 bits per heavy atom. The summed E-state index contributed by atoms with van der Waals surface area (Å²) in [6, 6.07) is 6.81. The summed E-state index contributed by atoms with van der Waals surface area (Å²) in [6.45, 7) is 0. The molecule has 21 heavy (non-hydrogen) atoms. The first kappa shape index (κ1) is 14.7. The molecule has 0 bridgehead atoms. The standard InChI is InChI=1S/C13H6ClF2N3O2/c14-10-4-8(15)5-11(16)13(10)18-9-1-2-12(19(20)21)7(3-9)6-17/h1-5,18H. The van der Waals surface area contributed by atoms with E-state index in [1.165, 1.54) is 12.1 Å². The molecular formula is C13H6ClF2N3O2. The van der Waals surface area contributed by atoms with Crippen LogP contribution in [-0.4, -0.2) is 4.92 Å². The summed E-state index contributed by atoms with van der Waals surface area (Å²) in [7, 11) is 0. The highest BCUT2D eigenvalue weighted by molar-refractivity contribution is 6.33. The number of rotatable bonds is 3. The average molecular weight is 310 g/mol. The van der Waals surface area contributed by atoms with Crippen LogP contribution in [0.2, 0.25) is 5.02 Å². The monoisotopic (exact) mass is 309 g/mol. The maximum absolute atomic E-state index is 13.6. The zero-order chi connectivity index (χ0) is 15.6. The summed E-state index contributed by atoms with van der Waals surface area (Å²) < 4.78 is 26.6. The SMILES string of the molecule is N#Cc1cc(Nc2c(F)cc(F)cc2Cl)ccc1[N+](=O)[O-]. The van der Waals surface area contributed by atoms with Gasteiger partial charge in [-0.1, -0.05) is 11.6 Å². The van der Waals surface area contributed by atoms with Crippen LogP contribution in [0.15, 0.2) is 30.3 Å². The average Bonchev–Trinajstić information content (AvgIpc) is 2.42. The van der Waals surface area contributed by atoms with Gasteiger partial charge in [0.15, 0.2) is 5.82 Å². The summed E-state index contributed by atoms with van der Waals surface area (Å²) in [5.74, 6) is -1.75. The summed E-state index contributed by atoms with van der Waals surface area (Å²) in [4.78, 5) is 10.0. The first-order valence-corrected chi connectivity index (χ1v) is 5.90. The summed E-state index contributed by atoms with van der Waals surface area (Å²) in [5, 5.41) is 21.9. The van der Waals surface area contributed by atoms with E-state index in [4.69, 9.17) is 16.9 Å². The fourth-order valence-electron chi connectivity index (χ4n) is 1.67. The van der Waals surface area contributed by atoms with Gasteiger partial charge in [-0.3, -0.25) is 10.1 Å². The molecule has 2 rings (SSSR count). The molecule has 0 saturated heterocycles. The van der Waals surface area contributed by atoms with E-state index in [-0.39, 0.29) is 27.6 Å². The number of hydrogen-bond acceptors (Lipinski definition) is 4. The Bertz CT molecular complexity index is 751.